The van der Waals surface area contributed by atoms with E-state index in [1.165, 1.54) is 12.8 Å². The molecule has 0 bridgehead atoms. The van der Waals surface area contributed by atoms with Crippen LogP contribution in [0.25, 0.3) is 0 Å². The van der Waals surface area contributed by atoms with Crippen LogP contribution in [0, 0.1) is 0 Å². The summed E-state index contributed by atoms with van der Waals surface area (Å²) < 4.78 is 13.7. The third-order valence-electron chi connectivity index (χ3n) is 3.60. The average Bonchev–Trinajstić information content (AvgIpc) is 2.45. The lowest BCUT2D eigenvalue weighted by atomic mass is 9.97. The van der Waals surface area contributed by atoms with Crippen molar-refractivity contribution in [2.75, 3.05) is 13.2 Å². The fourth-order valence-corrected chi connectivity index (χ4v) is 3.53. The molecule has 0 amide bonds. The number of aliphatic imine (C=N–C) groups is 1. The summed E-state index contributed by atoms with van der Waals surface area (Å²) in [4.78, 5) is 4.72. The van der Waals surface area contributed by atoms with E-state index in [0.29, 0.717) is 19.1 Å². The lowest BCUT2D eigenvalue weighted by Crippen LogP contribution is -2.45. The number of para-hydroxylation sites is 1. The van der Waals surface area contributed by atoms with E-state index in [1.807, 2.05) is 18.2 Å². The highest BCUT2D eigenvalue weighted by Crippen LogP contribution is 2.36. The van der Waals surface area contributed by atoms with Crippen LogP contribution in [-0.2, 0) is 9.47 Å². The van der Waals surface area contributed by atoms with E-state index in [-0.39, 0.29) is 0 Å². The van der Waals surface area contributed by atoms with Crippen LogP contribution in [0.2, 0.25) is 0 Å². The van der Waals surface area contributed by atoms with Crippen molar-refractivity contribution in [2.45, 2.75) is 45.1 Å². The fraction of sp³-hybridized carbons (Fsp3) is 0.562. The van der Waals surface area contributed by atoms with Crippen molar-refractivity contribution >= 4 is 43.4 Å². The highest BCUT2D eigenvalue weighted by molar-refractivity contribution is 9.11. The van der Waals surface area contributed by atoms with Gasteiger partial charge in [0.15, 0.2) is 0 Å². The van der Waals surface area contributed by atoms with Crippen molar-refractivity contribution in [2.24, 2.45) is 4.99 Å². The molecule has 0 radical (unpaired) electrons. The quantitative estimate of drug-likeness (QED) is 0.580. The Bertz CT molecular complexity index is 499. The molecular weight excluding hydrogens is 398 g/mol. The summed E-state index contributed by atoms with van der Waals surface area (Å²) in [6.07, 6.45) is 4.44. The summed E-state index contributed by atoms with van der Waals surface area (Å²) in [6, 6.07) is 5.92. The van der Waals surface area contributed by atoms with Gasteiger partial charge in [0.05, 0.1) is 12.3 Å². The number of ether oxygens (including phenoxy) is 2. The van der Waals surface area contributed by atoms with Crippen molar-refractivity contribution in [3.63, 3.8) is 0 Å². The minimum atomic E-state index is -0.428. The summed E-state index contributed by atoms with van der Waals surface area (Å²) in [5.74, 6) is 0.678. The van der Waals surface area contributed by atoms with Gasteiger partial charge in [0, 0.05) is 8.95 Å². The Morgan fingerprint density at radius 1 is 1.19 bits per heavy atom. The van der Waals surface area contributed by atoms with Gasteiger partial charge < -0.3 is 9.47 Å². The molecule has 1 aliphatic rings. The van der Waals surface area contributed by atoms with E-state index in [2.05, 4.69) is 45.7 Å². The minimum absolute atomic E-state index is 0.428. The van der Waals surface area contributed by atoms with Crippen LogP contribution in [0.15, 0.2) is 32.1 Å². The van der Waals surface area contributed by atoms with E-state index >= 15 is 0 Å². The van der Waals surface area contributed by atoms with Gasteiger partial charge in [-0.25, -0.2) is 4.99 Å². The van der Waals surface area contributed by atoms with Gasteiger partial charge in [-0.1, -0.05) is 32.3 Å². The SMILES string of the molecule is CCCCCC1(C)OCCOC1=Nc1c(Br)cccc1Br. The lowest BCUT2D eigenvalue weighted by molar-refractivity contribution is -0.0521. The summed E-state index contributed by atoms with van der Waals surface area (Å²) >= 11 is 7.08. The van der Waals surface area contributed by atoms with Crippen LogP contribution in [0.1, 0.15) is 39.5 Å². The van der Waals surface area contributed by atoms with Crippen molar-refractivity contribution in [1.29, 1.82) is 0 Å². The zero-order valence-electron chi connectivity index (χ0n) is 12.5. The molecule has 0 spiro atoms. The maximum Gasteiger partial charge on any atom is 0.221 e. The maximum absolute atomic E-state index is 5.99. The standard InChI is InChI=1S/C16H21Br2NO2/c1-3-4-5-9-16(2)15(20-10-11-21-16)19-14-12(17)7-6-8-13(14)18/h6-8H,3-5,9-11H2,1-2H3. The van der Waals surface area contributed by atoms with Gasteiger partial charge in [0.2, 0.25) is 5.90 Å². The molecule has 0 aromatic heterocycles. The highest BCUT2D eigenvalue weighted by Gasteiger charge is 2.36. The maximum atomic E-state index is 5.99. The molecule has 21 heavy (non-hydrogen) atoms. The number of rotatable bonds is 5. The highest BCUT2D eigenvalue weighted by atomic mass is 79.9. The molecule has 0 N–H and O–H groups in total. The largest absolute Gasteiger partial charge is 0.476 e. The summed E-state index contributed by atoms with van der Waals surface area (Å²) in [5, 5.41) is 0. The first-order chi connectivity index (χ1) is 10.1. The Kier molecular flexibility index (Phi) is 6.26. The van der Waals surface area contributed by atoms with Crippen LogP contribution in [-0.4, -0.2) is 24.7 Å². The second-order valence-corrected chi connectivity index (χ2v) is 7.08. The van der Waals surface area contributed by atoms with E-state index in [4.69, 9.17) is 14.5 Å². The molecule has 1 aromatic rings. The van der Waals surface area contributed by atoms with Crippen LogP contribution in [0.4, 0.5) is 5.69 Å². The molecule has 116 valence electrons. The topological polar surface area (TPSA) is 30.8 Å². The van der Waals surface area contributed by atoms with Crippen LogP contribution >= 0.6 is 31.9 Å². The molecule has 5 heteroatoms. The zero-order valence-corrected chi connectivity index (χ0v) is 15.7. The number of benzene rings is 1. The predicted octanol–water partition coefficient (Wildman–Crippen LogP) is 5.63. The third kappa shape index (κ3) is 4.30. The smallest absolute Gasteiger partial charge is 0.221 e. The van der Waals surface area contributed by atoms with E-state index in [0.717, 1.165) is 27.5 Å². The van der Waals surface area contributed by atoms with Crippen LogP contribution in [0.5, 0.6) is 0 Å². The fourth-order valence-electron chi connectivity index (χ4n) is 2.36. The number of halogens is 2. The van der Waals surface area contributed by atoms with Crippen molar-refractivity contribution in [3.05, 3.63) is 27.1 Å². The lowest BCUT2D eigenvalue weighted by Gasteiger charge is -2.35. The van der Waals surface area contributed by atoms with Crippen molar-refractivity contribution < 1.29 is 9.47 Å². The van der Waals surface area contributed by atoms with Gasteiger partial charge in [-0.3, -0.25) is 0 Å². The van der Waals surface area contributed by atoms with Gasteiger partial charge in [-0.05, 0) is 57.3 Å². The monoisotopic (exact) mass is 417 g/mol. The number of nitrogens with zero attached hydrogens (tertiary/aromatic N) is 1. The molecule has 1 atom stereocenters. The van der Waals surface area contributed by atoms with E-state index in [1.54, 1.807) is 0 Å². The molecule has 0 aliphatic carbocycles. The molecule has 1 unspecified atom stereocenters. The van der Waals surface area contributed by atoms with Gasteiger partial charge in [-0.15, -0.1) is 0 Å². The molecule has 1 fully saturated rings. The normalized spacial score (nSPS) is 24.1. The van der Waals surface area contributed by atoms with Crippen LogP contribution < -0.4 is 0 Å². The summed E-state index contributed by atoms with van der Waals surface area (Å²) in [7, 11) is 0. The Morgan fingerprint density at radius 3 is 2.57 bits per heavy atom. The van der Waals surface area contributed by atoms with E-state index in [9.17, 15) is 0 Å². The zero-order chi connectivity index (χ0) is 15.3. The van der Waals surface area contributed by atoms with Gasteiger partial charge in [0.25, 0.3) is 0 Å². The van der Waals surface area contributed by atoms with E-state index < -0.39 is 5.60 Å². The first-order valence-electron chi connectivity index (χ1n) is 7.37. The molecule has 2 rings (SSSR count). The molecule has 1 saturated heterocycles. The average molecular weight is 419 g/mol. The molecule has 1 aliphatic heterocycles. The molecule has 3 nitrogen and oxygen atoms in total. The van der Waals surface area contributed by atoms with Gasteiger partial charge in [0.1, 0.15) is 12.2 Å². The Hall–Kier alpha value is -0.390. The minimum Gasteiger partial charge on any atom is -0.476 e. The molecule has 0 saturated carbocycles. The first kappa shape index (κ1) is 17.0. The Morgan fingerprint density at radius 2 is 1.90 bits per heavy atom. The first-order valence-corrected chi connectivity index (χ1v) is 8.95. The van der Waals surface area contributed by atoms with Gasteiger partial charge >= 0.3 is 0 Å². The molecule has 1 aromatic carbocycles. The van der Waals surface area contributed by atoms with Crippen molar-refractivity contribution in [3.8, 4) is 0 Å². The number of hydrogen-bond donors (Lipinski definition) is 0. The predicted molar refractivity (Wildman–Crippen MR) is 93.4 cm³/mol. The van der Waals surface area contributed by atoms with Crippen LogP contribution in [0.3, 0.4) is 0 Å². The van der Waals surface area contributed by atoms with Gasteiger partial charge in [-0.2, -0.15) is 0 Å². The summed E-state index contributed by atoms with van der Waals surface area (Å²) in [5.41, 5.74) is 0.419. The Labute approximate surface area is 143 Å². The molecular formula is C16H21Br2NO2. The molecule has 1 heterocycles. The Balaban J connectivity index is 2.27. The van der Waals surface area contributed by atoms with Crippen molar-refractivity contribution in [1.82, 2.24) is 0 Å². The number of unbranched alkanes of at least 4 members (excludes halogenated alkanes) is 2. The third-order valence-corrected chi connectivity index (χ3v) is 4.88. The summed E-state index contributed by atoms with van der Waals surface area (Å²) in [6.45, 7) is 5.46. The second kappa shape index (κ2) is 7.75. The number of hydrogen-bond acceptors (Lipinski definition) is 3. The second-order valence-electron chi connectivity index (χ2n) is 5.37.